The van der Waals surface area contributed by atoms with Crippen molar-refractivity contribution < 1.29 is 0 Å². The van der Waals surface area contributed by atoms with E-state index in [2.05, 4.69) is 48.1 Å². The Bertz CT molecular complexity index is 546. The highest BCUT2D eigenvalue weighted by molar-refractivity contribution is 5.82. The minimum atomic E-state index is 0.356. The Kier molecular flexibility index (Phi) is 4.11. The maximum atomic E-state index is 4.59. The summed E-state index contributed by atoms with van der Waals surface area (Å²) in [6, 6.07) is 10.9. The van der Waals surface area contributed by atoms with E-state index in [1.807, 2.05) is 19.2 Å². The van der Waals surface area contributed by atoms with E-state index in [0.29, 0.717) is 6.04 Å². The molecule has 0 saturated carbocycles. The van der Waals surface area contributed by atoms with Crippen LogP contribution >= 0.6 is 0 Å². The van der Waals surface area contributed by atoms with Crippen molar-refractivity contribution >= 4 is 10.9 Å². The van der Waals surface area contributed by atoms with Crippen molar-refractivity contribution in [2.45, 2.75) is 25.8 Å². The fraction of sp³-hybridized carbons (Fsp3) is 0.312. The summed E-state index contributed by atoms with van der Waals surface area (Å²) in [4.78, 5) is 4.59. The molecule has 2 rings (SSSR count). The number of allylic oxidation sites excluding steroid dienone is 1. The summed E-state index contributed by atoms with van der Waals surface area (Å²) in [5.41, 5.74) is 3.48. The Hall–Kier alpha value is -1.67. The molecule has 2 aromatic rings. The maximum absolute atomic E-state index is 4.59. The first-order chi connectivity index (χ1) is 8.76. The first-order valence-electron chi connectivity index (χ1n) is 6.40. The fourth-order valence-electron chi connectivity index (χ4n) is 2.37. The monoisotopic (exact) mass is 240 g/mol. The van der Waals surface area contributed by atoms with Crippen molar-refractivity contribution in [3.05, 3.63) is 54.2 Å². The van der Waals surface area contributed by atoms with Crippen molar-refractivity contribution in [3.8, 4) is 0 Å². The Morgan fingerprint density at radius 3 is 2.89 bits per heavy atom. The lowest BCUT2D eigenvalue weighted by Gasteiger charge is -2.18. The number of nitrogens with one attached hydrogen (secondary N) is 1. The molecule has 1 N–H and O–H groups in total. The molecule has 1 unspecified atom stereocenters. The average molecular weight is 240 g/mol. The lowest BCUT2D eigenvalue weighted by Crippen LogP contribution is -2.16. The molecule has 2 heteroatoms. The Morgan fingerprint density at radius 1 is 1.39 bits per heavy atom. The lowest BCUT2D eigenvalue weighted by molar-refractivity contribution is 0.558. The quantitative estimate of drug-likeness (QED) is 0.805. The van der Waals surface area contributed by atoms with Crippen molar-refractivity contribution in [1.29, 1.82) is 0 Å². The van der Waals surface area contributed by atoms with Crippen LogP contribution in [-0.2, 0) is 0 Å². The van der Waals surface area contributed by atoms with Crippen LogP contribution in [0.15, 0.2) is 43.0 Å². The SMILES string of the molecule is C=CCCC(NC)c1cc(C)nc2ccccc12. The van der Waals surface area contributed by atoms with Crippen LogP contribution in [0.5, 0.6) is 0 Å². The highest BCUT2D eigenvalue weighted by Crippen LogP contribution is 2.26. The zero-order valence-electron chi connectivity index (χ0n) is 11.1. The molecule has 0 aliphatic rings. The summed E-state index contributed by atoms with van der Waals surface area (Å²) in [6.07, 6.45) is 4.05. The van der Waals surface area contributed by atoms with Crippen LogP contribution in [0, 0.1) is 6.92 Å². The van der Waals surface area contributed by atoms with Crippen LogP contribution < -0.4 is 5.32 Å². The zero-order valence-corrected chi connectivity index (χ0v) is 11.1. The number of hydrogen-bond acceptors (Lipinski definition) is 2. The molecule has 1 atom stereocenters. The molecule has 0 amide bonds. The largest absolute Gasteiger partial charge is 0.313 e. The fourth-order valence-corrected chi connectivity index (χ4v) is 2.37. The molecule has 1 aromatic carbocycles. The molecule has 0 aliphatic carbocycles. The maximum Gasteiger partial charge on any atom is 0.0708 e. The van der Waals surface area contributed by atoms with Gasteiger partial charge in [0.2, 0.25) is 0 Å². The molecule has 94 valence electrons. The van der Waals surface area contributed by atoms with Gasteiger partial charge < -0.3 is 5.32 Å². The van der Waals surface area contributed by atoms with Gasteiger partial charge in [-0.15, -0.1) is 6.58 Å². The molecule has 0 spiro atoms. The van der Waals surface area contributed by atoms with Gasteiger partial charge in [-0.1, -0.05) is 24.3 Å². The van der Waals surface area contributed by atoms with Crippen LogP contribution in [-0.4, -0.2) is 12.0 Å². The zero-order chi connectivity index (χ0) is 13.0. The molecule has 2 nitrogen and oxygen atoms in total. The second kappa shape index (κ2) is 5.78. The minimum absolute atomic E-state index is 0.356. The van der Waals surface area contributed by atoms with Crippen LogP contribution in [0.25, 0.3) is 10.9 Å². The number of hydrogen-bond donors (Lipinski definition) is 1. The minimum Gasteiger partial charge on any atom is -0.313 e. The standard InChI is InChI=1S/C16H20N2/c1-4-5-9-15(17-3)14-11-12(2)18-16-10-7-6-8-13(14)16/h4,6-8,10-11,15,17H,1,5,9H2,2-3H3. The Balaban J connectivity index is 2.50. The van der Waals surface area contributed by atoms with Crippen LogP contribution in [0.4, 0.5) is 0 Å². The molecular formula is C16H20N2. The van der Waals surface area contributed by atoms with E-state index >= 15 is 0 Å². The molecule has 0 fully saturated rings. The highest BCUT2D eigenvalue weighted by Gasteiger charge is 2.12. The van der Waals surface area contributed by atoms with Gasteiger partial charge in [-0.2, -0.15) is 0 Å². The second-order valence-electron chi connectivity index (χ2n) is 4.58. The van der Waals surface area contributed by atoms with E-state index < -0.39 is 0 Å². The molecule has 0 aliphatic heterocycles. The number of fused-ring (bicyclic) bond motifs is 1. The van der Waals surface area contributed by atoms with Crippen molar-refractivity contribution in [3.63, 3.8) is 0 Å². The molecular weight excluding hydrogens is 220 g/mol. The molecule has 0 saturated heterocycles. The van der Waals surface area contributed by atoms with E-state index in [4.69, 9.17) is 0 Å². The van der Waals surface area contributed by atoms with Gasteiger partial charge in [-0.05, 0) is 44.5 Å². The van der Waals surface area contributed by atoms with Crippen LogP contribution in [0.2, 0.25) is 0 Å². The second-order valence-corrected chi connectivity index (χ2v) is 4.58. The van der Waals surface area contributed by atoms with E-state index in [-0.39, 0.29) is 0 Å². The lowest BCUT2D eigenvalue weighted by atomic mass is 9.97. The summed E-state index contributed by atoms with van der Waals surface area (Å²) in [6.45, 7) is 5.85. The summed E-state index contributed by atoms with van der Waals surface area (Å²) < 4.78 is 0. The van der Waals surface area contributed by atoms with Gasteiger partial charge in [-0.25, -0.2) is 0 Å². The Morgan fingerprint density at radius 2 is 2.17 bits per heavy atom. The first kappa shape index (κ1) is 12.8. The number of nitrogens with zero attached hydrogens (tertiary/aromatic N) is 1. The van der Waals surface area contributed by atoms with Crippen molar-refractivity contribution in [2.24, 2.45) is 0 Å². The van der Waals surface area contributed by atoms with Gasteiger partial charge in [0.05, 0.1) is 5.52 Å². The first-order valence-corrected chi connectivity index (χ1v) is 6.40. The number of rotatable bonds is 5. The number of aryl methyl sites for hydroxylation is 1. The van der Waals surface area contributed by atoms with Crippen LogP contribution in [0.1, 0.15) is 30.1 Å². The summed E-state index contributed by atoms with van der Waals surface area (Å²) >= 11 is 0. The molecule has 18 heavy (non-hydrogen) atoms. The summed E-state index contributed by atoms with van der Waals surface area (Å²) in [7, 11) is 2.01. The smallest absolute Gasteiger partial charge is 0.0708 e. The van der Waals surface area contributed by atoms with E-state index in [1.54, 1.807) is 0 Å². The van der Waals surface area contributed by atoms with Crippen molar-refractivity contribution in [2.75, 3.05) is 7.05 Å². The van der Waals surface area contributed by atoms with E-state index in [9.17, 15) is 0 Å². The number of aromatic nitrogens is 1. The van der Waals surface area contributed by atoms with E-state index in [1.165, 1.54) is 10.9 Å². The number of para-hydroxylation sites is 1. The third-order valence-electron chi connectivity index (χ3n) is 3.26. The van der Waals surface area contributed by atoms with Crippen molar-refractivity contribution in [1.82, 2.24) is 10.3 Å². The van der Waals surface area contributed by atoms with Gasteiger partial charge >= 0.3 is 0 Å². The predicted molar refractivity (Wildman–Crippen MR) is 77.7 cm³/mol. The Labute approximate surface area is 109 Å². The van der Waals surface area contributed by atoms with Crippen LogP contribution in [0.3, 0.4) is 0 Å². The normalized spacial score (nSPS) is 12.6. The summed E-state index contributed by atoms with van der Waals surface area (Å²) in [5.74, 6) is 0. The van der Waals surface area contributed by atoms with Gasteiger partial charge in [0.15, 0.2) is 0 Å². The third kappa shape index (κ3) is 2.59. The van der Waals surface area contributed by atoms with Gasteiger partial charge in [0.1, 0.15) is 0 Å². The highest BCUT2D eigenvalue weighted by atomic mass is 14.9. The van der Waals surface area contributed by atoms with Gasteiger partial charge in [0, 0.05) is 17.1 Å². The number of benzene rings is 1. The molecule has 0 bridgehead atoms. The molecule has 1 aromatic heterocycles. The van der Waals surface area contributed by atoms with Gasteiger partial charge in [-0.3, -0.25) is 4.98 Å². The average Bonchev–Trinajstić information content (AvgIpc) is 2.39. The molecule has 1 heterocycles. The van der Waals surface area contributed by atoms with Gasteiger partial charge in [0.25, 0.3) is 0 Å². The predicted octanol–water partition coefficient (Wildman–Crippen LogP) is 3.77. The summed E-state index contributed by atoms with van der Waals surface area (Å²) in [5, 5.41) is 4.64. The van der Waals surface area contributed by atoms with E-state index in [0.717, 1.165) is 24.1 Å². The third-order valence-corrected chi connectivity index (χ3v) is 3.26. The molecule has 0 radical (unpaired) electrons. The number of pyridine rings is 1. The topological polar surface area (TPSA) is 24.9 Å².